The molecule has 0 spiro atoms. The van der Waals surface area contributed by atoms with Crippen LogP contribution in [0.15, 0.2) is 71.5 Å². The van der Waals surface area contributed by atoms with Gasteiger partial charge in [0.15, 0.2) is 11.5 Å². The molecule has 5 heteroatoms. The number of fused-ring (bicyclic) bond motifs is 1. The van der Waals surface area contributed by atoms with Gasteiger partial charge in [0.1, 0.15) is 12.4 Å². The predicted molar refractivity (Wildman–Crippen MR) is 124 cm³/mol. The topological polar surface area (TPSA) is 64.2 Å². The van der Waals surface area contributed by atoms with Gasteiger partial charge in [-0.25, -0.2) is 4.98 Å². The lowest BCUT2D eigenvalue weighted by molar-refractivity contribution is 0.284. The maximum absolute atomic E-state index is 12.4. The number of methoxy groups -OCH3 is 1. The third-order valence-electron chi connectivity index (χ3n) is 5.26. The summed E-state index contributed by atoms with van der Waals surface area (Å²) in [5.74, 6) is 1.71. The minimum Gasteiger partial charge on any atom is -0.493 e. The van der Waals surface area contributed by atoms with Gasteiger partial charge < -0.3 is 14.5 Å². The number of H-pyrrole nitrogens is 1. The standard InChI is InChI=1S/C26H26N2O3/c1-26(2,3)19-12-9-17(10-13-19)16-31-22-14-11-18(15-23(22)30-4)24-27-21-8-6-5-7-20(21)25(29)28-24/h5-15H,16H2,1-4H3,(H,27,28,29). The highest BCUT2D eigenvalue weighted by molar-refractivity contribution is 5.79. The molecule has 3 aromatic carbocycles. The average molecular weight is 415 g/mol. The molecule has 1 aromatic heterocycles. The Hall–Kier alpha value is -3.60. The van der Waals surface area contributed by atoms with E-state index >= 15 is 0 Å². The van der Waals surface area contributed by atoms with Crippen molar-refractivity contribution < 1.29 is 9.47 Å². The first-order valence-electron chi connectivity index (χ1n) is 10.2. The fraction of sp³-hybridized carbons (Fsp3) is 0.231. The zero-order chi connectivity index (χ0) is 22.0. The number of nitrogens with zero attached hydrogens (tertiary/aromatic N) is 1. The second-order valence-corrected chi connectivity index (χ2v) is 8.53. The van der Waals surface area contributed by atoms with Crippen LogP contribution in [-0.4, -0.2) is 17.1 Å². The molecule has 158 valence electrons. The number of hydrogen-bond acceptors (Lipinski definition) is 4. The van der Waals surface area contributed by atoms with Crippen LogP contribution >= 0.6 is 0 Å². The van der Waals surface area contributed by atoms with E-state index in [1.165, 1.54) is 5.56 Å². The SMILES string of the molecule is COc1cc(-c2nc3ccccc3c(=O)[nH]2)ccc1OCc1ccc(C(C)(C)C)cc1. The average Bonchev–Trinajstić information content (AvgIpc) is 2.77. The van der Waals surface area contributed by atoms with Crippen molar-refractivity contribution in [3.63, 3.8) is 0 Å². The van der Waals surface area contributed by atoms with Crippen molar-refractivity contribution in [2.45, 2.75) is 32.8 Å². The summed E-state index contributed by atoms with van der Waals surface area (Å²) in [4.78, 5) is 19.8. The van der Waals surface area contributed by atoms with E-state index in [0.717, 1.165) is 11.1 Å². The summed E-state index contributed by atoms with van der Waals surface area (Å²) in [6.07, 6.45) is 0. The molecule has 4 rings (SSSR count). The molecule has 1 heterocycles. The molecule has 0 saturated carbocycles. The Morgan fingerprint density at radius 3 is 2.39 bits per heavy atom. The van der Waals surface area contributed by atoms with E-state index in [4.69, 9.17) is 9.47 Å². The van der Waals surface area contributed by atoms with Crippen LogP contribution in [0.5, 0.6) is 11.5 Å². The quantitative estimate of drug-likeness (QED) is 0.470. The van der Waals surface area contributed by atoms with Gasteiger partial charge in [-0.1, -0.05) is 57.2 Å². The smallest absolute Gasteiger partial charge is 0.259 e. The molecule has 4 aromatic rings. The molecule has 0 fully saturated rings. The number of aromatic amines is 1. The molecule has 5 nitrogen and oxygen atoms in total. The monoisotopic (exact) mass is 414 g/mol. The summed E-state index contributed by atoms with van der Waals surface area (Å²) in [5, 5.41) is 0.565. The summed E-state index contributed by atoms with van der Waals surface area (Å²) in [7, 11) is 1.60. The molecule has 0 aliphatic rings. The van der Waals surface area contributed by atoms with Crippen LogP contribution in [-0.2, 0) is 12.0 Å². The van der Waals surface area contributed by atoms with Gasteiger partial charge in [-0.15, -0.1) is 0 Å². The highest BCUT2D eigenvalue weighted by atomic mass is 16.5. The van der Waals surface area contributed by atoms with E-state index < -0.39 is 0 Å². The molecule has 0 atom stereocenters. The molecule has 31 heavy (non-hydrogen) atoms. The Labute approximate surface area is 181 Å². The van der Waals surface area contributed by atoms with Crippen LogP contribution in [0.25, 0.3) is 22.3 Å². The van der Waals surface area contributed by atoms with Crippen LogP contribution in [0.4, 0.5) is 0 Å². The van der Waals surface area contributed by atoms with Crippen molar-refractivity contribution in [3.8, 4) is 22.9 Å². The number of ether oxygens (including phenoxy) is 2. The van der Waals surface area contributed by atoms with Crippen LogP contribution in [0.3, 0.4) is 0 Å². The van der Waals surface area contributed by atoms with Gasteiger partial charge in [-0.3, -0.25) is 4.79 Å². The number of nitrogens with one attached hydrogen (secondary N) is 1. The van der Waals surface area contributed by atoms with Gasteiger partial charge in [0.2, 0.25) is 0 Å². The normalized spacial score (nSPS) is 11.5. The molecule has 0 bridgehead atoms. The first-order chi connectivity index (χ1) is 14.8. The Kier molecular flexibility index (Phi) is 5.51. The van der Waals surface area contributed by atoms with E-state index in [1.807, 2.05) is 36.4 Å². The summed E-state index contributed by atoms with van der Waals surface area (Å²) >= 11 is 0. The lowest BCUT2D eigenvalue weighted by Gasteiger charge is -2.19. The van der Waals surface area contributed by atoms with E-state index in [2.05, 4.69) is 55.0 Å². The van der Waals surface area contributed by atoms with Gasteiger partial charge in [0.25, 0.3) is 5.56 Å². The maximum atomic E-state index is 12.4. The predicted octanol–water partition coefficient (Wildman–Crippen LogP) is 5.48. The molecule has 0 aliphatic carbocycles. The number of rotatable bonds is 5. The number of para-hydroxylation sites is 1. The van der Waals surface area contributed by atoms with Crippen molar-refractivity contribution >= 4 is 10.9 Å². The molecule has 0 radical (unpaired) electrons. The van der Waals surface area contributed by atoms with Crippen LogP contribution in [0.2, 0.25) is 0 Å². The minimum absolute atomic E-state index is 0.121. The van der Waals surface area contributed by atoms with Crippen LogP contribution in [0.1, 0.15) is 31.9 Å². The summed E-state index contributed by atoms with van der Waals surface area (Å²) < 4.78 is 11.5. The highest BCUT2D eigenvalue weighted by Crippen LogP contribution is 2.32. The zero-order valence-corrected chi connectivity index (χ0v) is 18.2. The first-order valence-corrected chi connectivity index (χ1v) is 10.2. The maximum Gasteiger partial charge on any atom is 0.259 e. The Morgan fingerprint density at radius 2 is 1.68 bits per heavy atom. The summed E-state index contributed by atoms with van der Waals surface area (Å²) in [6, 6.07) is 21.3. The van der Waals surface area contributed by atoms with Gasteiger partial charge in [-0.2, -0.15) is 0 Å². The van der Waals surface area contributed by atoms with Crippen molar-refractivity contribution in [1.29, 1.82) is 0 Å². The Morgan fingerprint density at radius 1 is 0.935 bits per heavy atom. The van der Waals surface area contributed by atoms with Gasteiger partial charge in [0.05, 0.1) is 18.0 Å². The number of benzene rings is 3. The molecule has 0 saturated heterocycles. The Bertz CT molecular complexity index is 1270. The first kappa shape index (κ1) is 20.7. The van der Waals surface area contributed by atoms with Crippen molar-refractivity contribution in [2.24, 2.45) is 0 Å². The van der Waals surface area contributed by atoms with E-state index in [9.17, 15) is 4.79 Å². The zero-order valence-electron chi connectivity index (χ0n) is 18.2. The molecule has 0 amide bonds. The molecular formula is C26H26N2O3. The van der Waals surface area contributed by atoms with Crippen molar-refractivity contribution in [1.82, 2.24) is 9.97 Å². The number of hydrogen-bond donors (Lipinski definition) is 1. The van der Waals surface area contributed by atoms with Crippen LogP contribution < -0.4 is 15.0 Å². The van der Waals surface area contributed by atoms with E-state index in [0.29, 0.717) is 34.8 Å². The van der Waals surface area contributed by atoms with Gasteiger partial charge >= 0.3 is 0 Å². The second kappa shape index (κ2) is 8.26. The summed E-state index contributed by atoms with van der Waals surface area (Å²) in [6.45, 7) is 7.03. The minimum atomic E-state index is -0.168. The molecule has 0 aliphatic heterocycles. The largest absolute Gasteiger partial charge is 0.493 e. The lowest BCUT2D eigenvalue weighted by Crippen LogP contribution is -2.10. The van der Waals surface area contributed by atoms with Crippen molar-refractivity contribution in [3.05, 3.63) is 88.2 Å². The van der Waals surface area contributed by atoms with E-state index in [1.54, 1.807) is 13.2 Å². The third-order valence-corrected chi connectivity index (χ3v) is 5.26. The lowest BCUT2D eigenvalue weighted by atomic mass is 9.87. The number of aromatic nitrogens is 2. The molecule has 1 N–H and O–H groups in total. The summed E-state index contributed by atoms with van der Waals surface area (Å²) in [5.41, 5.74) is 3.73. The molecule has 0 unspecified atom stereocenters. The highest BCUT2D eigenvalue weighted by Gasteiger charge is 2.14. The van der Waals surface area contributed by atoms with Crippen molar-refractivity contribution in [2.75, 3.05) is 7.11 Å². The fourth-order valence-corrected chi connectivity index (χ4v) is 3.42. The fourth-order valence-electron chi connectivity index (χ4n) is 3.42. The van der Waals surface area contributed by atoms with Gasteiger partial charge in [-0.05, 0) is 46.9 Å². The Balaban J connectivity index is 1.57. The van der Waals surface area contributed by atoms with Gasteiger partial charge in [0, 0.05) is 5.56 Å². The second-order valence-electron chi connectivity index (χ2n) is 8.53. The van der Waals surface area contributed by atoms with Crippen LogP contribution in [0, 0.1) is 0 Å². The third kappa shape index (κ3) is 4.45. The van der Waals surface area contributed by atoms with E-state index in [-0.39, 0.29) is 11.0 Å². The molecular weight excluding hydrogens is 388 g/mol.